The number of nitrogens with one attached hydrogen (secondary N) is 1. The van der Waals surface area contributed by atoms with Crippen molar-refractivity contribution in [2.75, 3.05) is 24.5 Å². The number of nitrogens with zero attached hydrogens (tertiary/aromatic N) is 3. The monoisotopic (exact) mass is 516 g/mol. The van der Waals surface area contributed by atoms with E-state index in [4.69, 9.17) is 0 Å². The van der Waals surface area contributed by atoms with E-state index in [1.165, 1.54) is 16.7 Å². The normalized spacial score (nSPS) is 12.8. The maximum Gasteiger partial charge on any atom is 0.390 e. The zero-order valence-electron chi connectivity index (χ0n) is 21.8. The van der Waals surface area contributed by atoms with E-state index in [-0.39, 0.29) is 6.54 Å². The molecule has 2 aromatic carbocycles. The van der Waals surface area contributed by atoms with Crippen LogP contribution in [0.2, 0.25) is 0 Å². The first-order valence-electron chi connectivity index (χ1n) is 12.5. The lowest BCUT2D eigenvalue weighted by Crippen LogP contribution is -2.23. The molecule has 1 aliphatic heterocycles. The summed E-state index contributed by atoms with van der Waals surface area (Å²) in [5.41, 5.74) is 6.91. The van der Waals surface area contributed by atoms with Crippen LogP contribution in [0.25, 0.3) is 0 Å². The second-order valence-corrected chi connectivity index (χ2v) is 9.27. The molecule has 0 saturated heterocycles. The molecule has 9 heteroatoms. The number of halogens is 3. The molecule has 0 atom stereocenters. The first-order chi connectivity index (χ1) is 17.5. The van der Waals surface area contributed by atoms with Gasteiger partial charge in [-0.15, -0.1) is 0 Å². The van der Waals surface area contributed by atoms with Crippen LogP contribution in [0.3, 0.4) is 0 Å². The van der Waals surface area contributed by atoms with Gasteiger partial charge in [0.15, 0.2) is 5.69 Å². The highest BCUT2D eigenvalue weighted by molar-refractivity contribution is 5.88. The first-order valence-corrected chi connectivity index (χ1v) is 12.5. The lowest BCUT2D eigenvalue weighted by Gasteiger charge is -2.22. The number of alkyl halides is 3. The Hall–Kier alpha value is -3.33. The Morgan fingerprint density at radius 1 is 1.05 bits per heavy atom. The van der Waals surface area contributed by atoms with Crippen molar-refractivity contribution in [2.45, 2.75) is 59.7 Å². The Labute approximate surface area is 216 Å². The fraction of sp³-hybridized carbons (Fsp3) is 0.429. The topological polar surface area (TPSA) is 70.4 Å². The lowest BCUT2D eigenvalue weighted by molar-refractivity contribution is -0.133. The number of anilines is 2. The van der Waals surface area contributed by atoms with Gasteiger partial charge in [-0.25, -0.2) is 9.78 Å². The summed E-state index contributed by atoms with van der Waals surface area (Å²) < 4.78 is 37.1. The van der Waals surface area contributed by atoms with Crippen LogP contribution in [0.4, 0.5) is 24.8 Å². The van der Waals surface area contributed by atoms with E-state index >= 15 is 0 Å². The Bertz CT molecular complexity index is 1180. The van der Waals surface area contributed by atoms with Crippen LogP contribution >= 0.6 is 0 Å². The zero-order valence-corrected chi connectivity index (χ0v) is 21.8. The molecule has 200 valence electrons. The number of hydrogen-bond acceptors (Lipinski definition) is 4. The summed E-state index contributed by atoms with van der Waals surface area (Å²) in [6.07, 6.45) is -3.43. The standard InChI is InChI=1S/C17H21N3O2.C11H14F3N/c1-5-13-15(16(21)22)20-7-6-19(17(20)18-13)14-11(3)8-10(2)9-12(14)4;12-11(13,14)7-9-15-8-6-10-4-2-1-3-5-10/h8-9H,5-7H2,1-4H3,(H,21,22);1-5,15H,6-9H2. The first kappa shape index (κ1) is 28.2. The summed E-state index contributed by atoms with van der Waals surface area (Å²) in [6.45, 7) is 10.2. The number of benzene rings is 2. The molecule has 6 nitrogen and oxygen atoms in total. The third-order valence-electron chi connectivity index (χ3n) is 6.27. The van der Waals surface area contributed by atoms with Gasteiger partial charge in [-0.1, -0.05) is 55.0 Å². The number of aromatic carboxylic acids is 1. The predicted molar refractivity (Wildman–Crippen MR) is 140 cm³/mol. The summed E-state index contributed by atoms with van der Waals surface area (Å²) in [4.78, 5) is 18.3. The van der Waals surface area contributed by atoms with Crippen molar-refractivity contribution >= 4 is 17.6 Å². The molecule has 1 aliphatic rings. The van der Waals surface area contributed by atoms with E-state index in [0.29, 0.717) is 30.9 Å². The van der Waals surface area contributed by atoms with Crippen molar-refractivity contribution in [3.63, 3.8) is 0 Å². The minimum atomic E-state index is -4.06. The third-order valence-corrected chi connectivity index (χ3v) is 6.27. The highest BCUT2D eigenvalue weighted by atomic mass is 19.4. The Kier molecular flexibility index (Phi) is 9.37. The summed E-state index contributed by atoms with van der Waals surface area (Å²) >= 11 is 0. The molecule has 0 radical (unpaired) electrons. The van der Waals surface area contributed by atoms with Crippen LogP contribution in [-0.4, -0.2) is 46.4 Å². The molecule has 2 heterocycles. The SMILES string of the molecule is CCc1nc2n(c1C(=O)O)CCN2c1c(C)cc(C)cc1C.FC(F)(F)CCNCCc1ccccc1. The van der Waals surface area contributed by atoms with Gasteiger partial charge in [0.1, 0.15) is 0 Å². The van der Waals surface area contributed by atoms with Gasteiger partial charge in [-0.2, -0.15) is 13.2 Å². The van der Waals surface area contributed by atoms with Crippen LogP contribution < -0.4 is 10.2 Å². The summed E-state index contributed by atoms with van der Waals surface area (Å²) in [5, 5.41) is 12.2. The van der Waals surface area contributed by atoms with Crippen LogP contribution in [0, 0.1) is 20.8 Å². The van der Waals surface area contributed by atoms with E-state index in [2.05, 4.69) is 48.1 Å². The van der Waals surface area contributed by atoms with Crippen molar-refractivity contribution in [3.05, 3.63) is 76.1 Å². The third kappa shape index (κ3) is 7.35. The molecular weight excluding hydrogens is 481 g/mol. The van der Waals surface area contributed by atoms with Gasteiger partial charge in [0, 0.05) is 25.3 Å². The van der Waals surface area contributed by atoms with Crippen LogP contribution in [0.15, 0.2) is 42.5 Å². The van der Waals surface area contributed by atoms with Crippen LogP contribution in [0.5, 0.6) is 0 Å². The number of imidazole rings is 1. The van der Waals surface area contributed by atoms with Crippen molar-refractivity contribution in [1.29, 1.82) is 0 Å². The largest absolute Gasteiger partial charge is 0.477 e. The van der Waals surface area contributed by atoms with Crippen molar-refractivity contribution in [1.82, 2.24) is 14.9 Å². The number of fused-ring (bicyclic) bond motifs is 1. The van der Waals surface area contributed by atoms with E-state index in [9.17, 15) is 23.1 Å². The molecular formula is C28H35F3N4O2. The van der Waals surface area contributed by atoms with E-state index < -0.39 is 18.6 Å². The molecule has 1 aromatic heterocycles. The van der Waals surface area contributed by atoms with Gasteiger partial charge in [-0.05, 0) is 56.8 Å². The number of carboxylic acid groups (broad SMARTS) is 1. The van der Waals surface area contributed by atoms with Gasteiger partial charge >= 0.3 is 12.1 Å². The number of aryl methyl sites for hydroxylation is 4. The van der Waals surface area contributed by atoms with Gasteiger partial charge in [0.05, 0.1) is 12.1 Å². The van der Waals surface area contributed by atoms with Gasteiger partial charge in [-0.3, -0.25) is 0 Å². The number of hydrogen-bond donors (Lipinski definition) is 2. The maximum atomic E-state index is 11.8. The second kappa shape index (κ2) is 12.3. The highest BCUT2D eigenvalue weighted by Gasteiger charge is 2.31. The van der Waals surface area contributed by atoms with Crippen molar-refractivity contribution in [3.8, 4) is 0 Å². The fourth-order valence-electron chi connectivity index (χ4n) is 4.74. The van der Waals surface area contributed by atoms with Gasteiger partial charge in [0.2, 0.25) is 5.95 Å². The molecule has 37 heavy (non-hydrogen) atoms. The molecule has 0 fully saturated rings. The number of carboxylic acids is 1. The Morgan fingerprint density at radius 3 is 2.27 bits per heavy atom. The van der Waals surface area contributed by atoms with E-state index in [0.717, 1.165) is 30.2 Å². The zero-order chi connectivity index (χ0) is 27.2. The average Bonchev–Trinajstić information content (AvgIpc) is 3.38. The minimum absolute atomic E-state index is 0.00364. The fourth-order valence-corrected chi connectivity index (χ4v) is 4.74. The van der Waals surface area contributed by atoms with E-state index in [1.807, 2.05) is 41.8 Å². The molecule has 0 aliphatic carbocycles. The molecule has 0 amide bonds. The summed E-state index contributed by atoms with van der Waals surface area (Å²) in [6, 6.07) is 14.0. The smallest absolute Gasteiger partial charge is 0.390 e. The maximum absolute atomic E-state index is 11.8. The highest BCUT2D eigenvalue weighted by Crippen LogP contribution is 2.36. The lowest BCUT2D eigenvalue weighted by atomic mass is 10.0. The Balaban J connectivity index is 0.000000222. The molecule has 0 spiro atoms. The quantitative estimate of drug-likeness (QED) is 0.360. The van der Waals surface area contributed by atoms with Crippen LogP contribution in [0.1, 0.15) is 51.8 Å². The van der Waals surface area contributed by atoms with Gasteiger partial charge in [0.25, 0.3) is 0 Å². The second-order valence-electron chi connectivity index (χ2n) is 9.27. The molecule has 0 bridgehead atoms. The number of rotatable bonds is 8. The van der Waals surface area contributed by atoms with Gasteiger partial charge < -0.3 is 19.9 Å². The molecule has 3 aromatic rings. The Morgan fingerprint density at radius 2 is 1.70 bits per heavy atom. The van der Waals surface area contributed by atoms with Crippen LogP contribution in [-0.2, 0) is 19.4 Å². The summed E-state index contributed by atoms with van der Waals surface area (Å²) in [7, 11) is 0. The molecule has 0 unspecified atom stereocenters. The predicted octanol–water partition coefficient (Wildman–Crippen LogP) is 5.99. The molecule has 0 saturated carbocycles. The number of aromatic nitrogens is 2. The van der Waals surface area contributed by atoms with Crippen molar-refractivity contribution in [2.24, 2.45) is 0 Å². The molecule has 4 rings (SSSR count). The number of carbonyl (C=O) groups is 1. The molecule has 2 N–H and O–H groups in total. The van der Waals surface area contributed by atoms with Crippen molar-refractivity contribution < 1.29 is 23.1 Å². The minimum Gasteiger partial charge on any atom is -0.477 e. The average molecular weight is 517 g/mol. The summed E-state index contributed by atoms with van der Waals surface area (Å²) in [5.74, 6) is -0.140. The van der Waals surface area contributed by atoms with E-state index in [1.54, 1.807) is 0 Å².